The minimum absolute atomic E-state index is 0.0987. The molecule has 1 heterocycles. The number of nitrogens with one attached hydrogen (secondary N) is 2. The molecule has 7 heteroatoms. The lowest BCUT2D eigenvalue weighted by atomic mass is 9.87. The first-order chi connectivity index (χ1) is 12.0. The van der Waals surface area contributed by atoms with E-state index in [1.54, 1.807) is 18.2 Å². The number of aliphatic imine (C=N–C) groups is 1. The van der Waals surface area contributed by atoms with Crippen LogP contribution < -0.4 is 10.6 Å². The number of hydrogen-bond donors (Lipinski definition) is 2. The Kier molecular flexibility index (Phi) is 5.73. The molecule has 0 spiro atoms. The van der Waals surface area contributed by atoms with Crippen molar-refractivity contribution >= 4 is 34.4 Å². The number of carbonyl (C=O) groups is 2. The Bertz CT molecular complexity index is 687. The van der Waals surface area contributed by atoms with Crippen molar-refractivity contribution in [1.29, 1.82) is 0 Å². The van der Waals surface area contributed by atoms with Gasteiger partial charge in [0.2, 0.25) is 5.91 Å². The van der Waals surface area contributed by atoms with Gasteiger partial charge in [0.15, 0.2) is 5.17 Å². The third-order valence-electron chi connectivity index (χ3n) is 4.61. The molecule has 0 bridgehead atoms. The highest BCUT2D eigenvalue weighted by Crippen LogP contribution is 2.28. The van der Waals surface area contributed by atoms with Crippen molar-refractivity contribution in [3.8, 4) is 0 Å². The molecule has 1 aromatic rings. The number of benzene rings is 1. The number of hydrogen-bond acceptors (Lipinski definition) is 4. The van der Waals surface area contributed by atoms with Crippen molar-refractivity contribution in [2.24, 2.45) is 10.9 Å². The van der Waals surface area contributed by atoms with Crippen molar-refractivity contribution in [3.63, 3.8) is 0 Å². The normalized spacial score (nSPS) is 26.2. The van der Waals surface area contributed by atoms with Crippen LogP contribution in [0.15, 0.2) is 29.3 Å². The van der Waals surface area contributed by atoms with Crippen LogP contribution >= 0.6 is 11.8 Å². The van der Waals surface area contributed by atoms with Gasteiger partial charge < -0.3 is 10.6 Å². The number of amides is 2. The Morgan fingerprint density at radius 1 is 1.28 bits per heavy atom. The van der Waals surface area contributed by atoms with E-state index in [1.165, 1.54) is 17.8 Å². The van der Waals surface area contributed by atoms with Crippen LogP contribution in [0.4, 0.5) is 10.1 Å². The maximum absolute atomic E-state index is 13.7. The quantitative estimate of drug-likeness (QED) is 0.861. The van der Waals surface area contributed by atoms with Crippen LogP contribution in [-0.2, 0) is 9.59 Å². The first-order valence-corrected chi connectivity index (χ1v) is 9.49. The van der Waals surface area contributed by atoms with Crippen LogP contribution in [0, 0.1) is 11.7 Å². The fraction of sp³-hybridized carbons (Fsp3) is 0.500. The van der Waals surface area contributed by atoms with Crippen molar-refractivity contribution in [1.82, 2.24) is 5.32 Å². The van der Waals surface area contributed by atoms with Crippen molar-refractivity contribution in [2.75, 3.05) is 5.32 Å². The highest BCUT2D eigenvalue weighted by molar-refractivity contribution is 8.15. The van der Waals surface area contributed by atoms with Crippen LogP contribution in [0.1, 0.15) is 39.0 Å². The predicted molar refractivity (Wildman–Crippen MR) is 98.0 cm³/mol. The molecule has 5 nitrogen and oxygen atoms in total. The number of anilines is 1. The van der Waals surface area contributed by atoms with Gasteiger partial charge in [0, 0.05) is 12.5 Å². The van der Waals surface area contributed by atoms with Crippen LogP contribution in [0.25, 0.3) is 0 Å². The summed E-state index contributed by atoms with van der Waals surface area (Å²) in [5.41, 5.74) is 0.267. The summed E-state index contributed by atoms with van der Waals surface area (Å²) in [5, 5.41) is 5.63. The third-order valence-corrected chi connectivity index (χ3v) is 5.68. The van der Waals surface area contributed by atoms with E-state index < -0.39 is 11.1 Å². The molecule has 1 unspecified atom stereocenters. The molecule has 1 fully saturated rings. The zero-order valence-electron chi connectivity index (χ0n) is 14.1. The predicted octanol–water partition coefficient (Wildman–Crippen LogP) is 3.32. The Balaban J connectivity index is 1.49. The van der Waals surface area contributed by atoms with Gasteiger partial charge in [-0.3, -0.25) is 9.59 Å². The summed E-state index contributed by atoms with van der Waals surface area (Å²) in [6.45, 7) is 2.23. The molecule has 2 aliphatic rings. The van der Waals surface area contributed by atoms with E-state index in [0.29, 0.717) is 5.17 Å². The van der Waals surface area contributed by atoms with E-state index in [4.69, 9.17) is 0 Å². The van der Waals surface area contributed by atoms with Gasteiger partial charge in [0.1, 0.15) is 11.1 Å². The van der Waals surface area contributed by atoms with Crippen LogP contribution in [0.3, 0.4) is 0 Å². The van der Waals surface area contributed by atoms with E-state index in [-0.39, 0.29) is 30.0 Å². The molecule has 1 aromatic carbocycles. The van der Waals surface area contributed by atoms with Crippen molar-refractivity contribution in [2.45, 2.75) is 50.3 Å². The SMILES string of the molecule is CC1CCC(NC(=O)CC2SC(Nc3ccccc3F)=NC2=O)CC1. The minimum Gasteiger partial charge on any atom is -0.353 e. The molecule has 2 amide bonds. The largest absolute Gasteiger partial charge is 0.353 e. The zero-order valence-corrected chi connectivity index (χ0v) is 14.9. The lowest BCUT2D eigenvalue weighted by Gasteiger charge is -2.27. The van der Waals surface area contributed by atoms with Crippen molar-refractivity contribution in [3.05, 3.63) is 30.1 Å². The van der Waals surface area contributed by atoms with Gasteiger partial charge in [0.25, 0.3) is 5.91 Å². The fourth-order valence-corrected chi connectivity index (χ4v) is 4.08. The number of nitrogens with zero attached hydrogens (tertiary/aromatic N) is 1. The van der Waals surface area contributed by atoms with Gasteiger partial charge >= 0.3 is 0 Å². The summed E-state index contributed by atoms with van der Waals surface area (Å²) in [7, 11) is 0. The molecule has 1 aliphatic carbocycles. The Hall–Kier alpha value is -1.89. The maximum Gasteiger partial charge on any atom is 0.262 e. The summed E-state index contributed by atoms with van der Waals surface area (Å²) in [6.07, 6.45) is 4.34. The molecule has 3 rings (SSSR count). The fourth-order valence-electron chi connectivity index (χ4n) is 3.11. The van der Waals surface area contributed by atoms with Crippen molar-refractivity contribution < 1.29 is 14.0 Å². The smallest absolute Gasteiger partial charge is 0.262 e. The number of rotatable bonds is 4. The van der Waals surface area contributed by atoms with Gasteiger partial charge in [0.05, 0.1) is 5.69 Å². The van der Waals surface area contributed by atoms with E-state index in [9.17, 15) is 14.0 Å². The molecule has 0 aromatic heterocycles. The number of halogens is 1. The summed E-state index contributed by atoms with van der Waals surface area (Å²) < 4.78 is 13.7. The van der Waals surface area contributed by atoms with Gasteiger partial charge in [-0.05, 0) is 43.7 Å². The first kappa shape index (κ1) is 17.9. The Labute approximate surface area is 150 Å². The summed E-state index contributed by atoms with van der Waals surface area (Å²) in [5.74, 6) is -0.157. The van der Waals surface area contributed by atoms with Gasteiger partial charge in [-0.25, -0.2) is 4.39 Å². The zero-order chi connectivity index (χ0) is 17.8. The third kappa shape index (κ3) is 4.81. The van der Waals surface area contributed by atoms with E-state index in [1.807, 2.05) is 0 Å². The summed E-state index contributed by atoms with van der Waals surface area (Å²) in [4.78, 5) is 28.1. The molecule has 1 aliphatic heterocycles. The summed E-state index contributed by atoms with van der Waals surface area (Å²) >= 11 is 1.17. The second-order valence-corrected chi connectivity index (χ2v) is 7.89. The molecular weight excluding hydrogens is 341 g/mol. The maximum atomic E-state index is 13.7. The van der Waals surface area contributed by atoms with Crippen LogP contribution in [0.5, 0.6) is 0 Å². The van der Waals surface area contributed by atoms with E-state index >= 15 is 0 Å². The lowest BCUT2D eigenvalue weighted by Crippen LogP contribution is -2.38. The topological polar surface area (TPSA) is 70.6 Å². The molecule has 1 atom stereocenters. The number of para-hydroxylation sites is 1. The lowest BCUT2D eigenvalue weighted by molar-refractivity contribution is -0.125. The molecule has 134 valence electrons. The minimum atomic E-state index is -0.545. The van der Waals surface area contributed by atoms with Gasteiger partial charge in [-0.1, -0.05) is 30.8 Å². The van der Waals surface area contributed by atoms with E-state index in [0.717, 1.165) is 31.6 Å². The molecule has 0 radical (unpaired) electrons. The highest BCUT2D eigenvalue weighted by Gasteiger charge is 2.31. The Morgan fingerprint density at radius 3 is 2.72 bits per heavy atom. The average molecular weight is 363 g/mol. The van der Waals surface area contributed by atoms with Crippen LogP contribution in [-0.4, -0.2) is 28.3 Å². The molecule has 2 N–H and O–H groups in total. The number of carbonyl (C=O) groups excluding carboxylic acids is 2. The summed E-state index contributed by atoms with van der Waals surface area (Å²) in [6, 6.07) is 6.41. The number of thioether (sulfide) groups is 1. The van der Waals surface area contributed by atoms with Gasteiger partial charge in [-0.15, -0.1) is 0 Å². The molecule has 1 saturated carbocycles. The van der Waals surface area contributed by atoms with Gasteiger partial charge in [-0.2, -0.15) is 4.99 Å². The van der Waals surface area contributed by atoms with E-state index in [2.05, 4.69) is 22.5 Å². The first-order valence-electron chi connectivity index (χ1n) is 8.61. The monoisotopic (exact) mass is 363 g/mol. The Morgan fingerprint density at radius 2 is 2.00 bits per heavy atom. The number of amidine groups is 1. The molecule has 25 heavy (non-hydrogen) atoms. The molecular formula is C18H22FN3O2S. The second-order valence-electron chi connectivity index (χ2n) is 6.69. The van der Waals surface area contributed by atoms with Crippen LogP contribution in [0.2, 0.25) is 0 Å². The highest BCUT2D eigenvalue weighted by atomic mass is 32.2. The molecule has 0 saturated heterocycles. The average Bonchev–Trinajstić information content (AvgIpc) is 2.91. The second kappa shape index (κ2) is 7.99. The standard InChI is InChI=1S/C18H22FN3O2S/c1-11-6-8-12(9-7-11)20-16(23)10-15-17(24)22-18(25-15)21-14-5-3-2-4-13(14)19/h2-5,11-12,15H,6-10H2,1H3,(H,20,23)(H,21,22,24).